The molecule has 6 heteroatoms. The maximum atomic E-state index is 11.9. The third-order valence-electron chi connectivity index (χ3n) is 2.53. The first kappa shape index (κ1) is 16.2. The van der Waals surface area contributed by atoms with Crippen molar-refractivity contribution in [1.29, 1.82) is 0 Å². The molecule has 0 heterocycles. The zero-order valence-corrected chi connectivity index (χ0v) is 12.8. The van der Waals surface area contributed by atoms with Gasteiger partial charge in [0.15, 0.2) is 0 Å². The molecular formula is C13H19Cl2N3O. The Balaban J connectivity index is 2.49. The molecule has 2 N–H and O–H groups in total. The van der Waals surface area contributed by atoms with Crippen LogP contribution in [0.2, 0.25) is 10.0 Å². The minimum atomic E-state index is -0.280. The molecule has 0 aliphatic heterocycles. The lowest BCUT2D eigenvalue weighted by Gasteiger charge is -2.16. The predicted molar refractivity (Wildman–Crippen MR) is 81.1 cm³/mol. The fourth-order valence-corrected chi connectivity index (χ4v) is 2.00. The van der Waals surface area contributed by atoms with E-state index in [4.69, 9.17) is 23.2 Å². The Morgan fingerprint density at radius 1 is 1.26 bits per heavy atom. The number of carbonyl (C=O) groups is 1. The second-order valence-electron chi connectivity index (χ2n) is 4.63. The Morgan fingerprint density at radius 2 is 1.84 bits per heavy atom. The van der Waals surface area contributed by atoms with Crippen LogP contribution >= 0.6 is 23.2 Å². The Kier molecular flexibility index (Phi) is 6.58. The van der Waals surface area contributed by atoms with Crippen LogP contribution in [-0.2, 0) is 4.79 Å². The van der Waals surface area contributed by atoms with E-state index in [-0.39, 0.29) is 11.9 Å². The minimum Gasteiger partial charge on any atom is -0.325 e. The fraction of sp³-hybridized carbons (Fsp3) is 0.462. The molecule has 0 aliphatic rings. The monoisotopic (exact) mass is 303 g/mol. The van der Waals surface area contributed by atoms with E-state index in [1.165, 1.54) is 0 Å². The highest BCUT2D eigenvalue weighted by molar-refractivity contribution is 6.35. The van der Waals surface area contributed by atoms with Gasteiger partial charge >= 0.3 is 0 Å². The highest BCUT2D eigenvalue weighted by Crippen LogP contribution is 2.22. The van der Waals surface area contributed by atoms with Crippen molar-refractivity contribution in [2.45, 2.75) is 13.0 Å². The van der Waals surface area contributed by atoms with E-state index in [2.05, 4.69) is 10.6 Å². The van der Waals surface area contributed by atoms with E-state index in [0.29, 0.717) is 15.7 Å². The zero-order chi connectivity index (χ0) is 14.4. The van der Waals surface area contributed by atoms with Gasteiger partial charge < -0.3 is 15.5 Å². The van der Waals surface area contributed by atoms with Crippen LogP contribution in [-0.4, -0.2) is 44.0 Å². The van der Waals surface area contributed by atoms with Crippen molar-refractivity contribution in [3.63, 3.8) is 0 Å². The van der Waals surface area contributed by atoms with Crippen molar-refractivity contribution in [3.8, 4) is 0 Å². The van der Waals surface area contributed by atoms with Gasteiger partial charge in [-0.25, -0.2) is 0 Å². The summed E-state index contributed by atoms with van der Waals surface area (Å²) in [5.74, 6) is -0.114. The smallest absolute Gasteiger partial charge is 0.241 e. The lowest BCUT2D eigenvalue weighted by atomic mass is 10.2. The van der Waals surface area contributed by atoms with Crippen molar-refractivity contribution in [2.24, 2.45) is 0 Å². The summed E-state index contributed by atoms with van der Waals surface area (Å²) in [4.78, 5) is 14.0. The first-order chi connectivity index (χ1) is 8.88. The summed E-state index contributed by atoms with van der Waals surface area (Å²) >= 11 is 11.7. The van der Waals surface area contributed by atoms with Crippen LogP contribution in [0.3, 0.4) is 0 Å². The topological polar surface area (TPSA) is 44.4 Å². The quantitative estimate of drug-likeness (QED) is 0.848. The van der Waals surface area contributed by atoms with Crippen LogP contribution in [0.1, 0.15) is 6.92 Å². The van der Waals surface area contributed by atoms with E-state index in [1.807, 2.05) is 25.9 Å². The first-order valence-corrected chi connectivity index (χ1v) is 6.79. The van der Waals surface area contributed by atoms with Gasteiger partial charge in [-0.1, -0.05) is 23.2 Å². The molecule has 1 aromatic rings. The normalized spacial score (nSPS) is 12.5. The molecule has 0 aliphatic carbocycles. The Morgan fingerprint density at radius 3 is 2.37 bits per heavy atom. The van der Waals surface area contributed by atoms with Crippen LogP contribution in [0.25, 0.3) is 0 Å². The largest absolute Gasteiger partial charge is 0.325 e. The van der Waals surface area contributed by atoms with Crippen molar-refractivity contribution >= 4 is 34.8 Å². The Hall–Kier alpha value is -0.810. The van der Waals surface area contributed by atoms with Gasteiger partial charge in [-0.05, 0) is 39.2 Å². The van der Waals surface area contributed by atoms with Gasteiger partial charge in [0.05, 0.1) is 6.04 Å². The summed E-state index contributed by atoms with van der Waals surface area (Å²) in [6, 6.07) is 4.67. The molecule has 1 rings (SSSR count). The number of hydrogen-bond acceptors (Lipinski definition) is 3. The number of halogens is 2. The summed E-state index contributed by atoms with van der Waals surface area (Å²) in [6.07, 6.45) is 0. The number of likely N-dealkylation sites (N-methyl/N-ethyl adjacent to an activating group) is 1. The van der Waals surface area contributed by atoms with Crippen LogP contribution in [0.5, 0.6) is 0 Å². The Labute approximate surface area is 124 Å². The van der Waals surface area contributed by atoms with Crippen molar-refractivity contribution in [3.05, 3.63) is 28.2 Å². The minimum absolute atomic E-state index is 0.114. The maximum absolute atomic E-state index is 11.9. The molecule has 1 amide bonds. The van der Waals surface area contributed by atoms with E-state index < -0.39 is 0 Å². The zero-order valence-electron chi connectivity index (χ0n) is 11.3. The Bertz CT molecular complexity index is 418. The van der Waals surface area contributed by atoms with E-state index in [1.54, 1.807) is 18.2 Å². The van der Waals surface area contributed by atoms with Gasteiger partial charge in [-0.15, -0.1) is 0 Å². The number of hydrogen-bond donors (Lipinski definition) is 2. The van der Waals surface area contributed by atoms with Gasteiger partial charge in [0.2, 0.25) is 5.91 Å². The SMILES string of the molecule is C[C@H](NCCN(C)C)C(=O)Nc1cc(Cl)cc(Cl)c1. The van der Waals surface area contributed by atoms with Crippen molar-refractivity contribution < 1.29 is 4.79 Å². The van der Waals surface area contributed by atoms with Crippen LogP contribution in [0.15, 0.2) is 18.2 Å². The molecule has 0 spiro atoms. The number of benzene rings is 1. The summed E-state index contributed by atoms with van der Waals surface area (Å²) < 4.78 is 0. The number of nitrogens with one attached hydrogen (secondary N) is 2. The third-order valence-corrected chi connectivity index (χ3v) is 2.97. The first-order valence-electron chi connectivity index (χ1n) is 6.03. The van der Waals surface area contributed by atoms with Crippen LogP contribution in [0, 0.1) is 0 Å². The average molecular weight is 304 g/mol. The molecule has 0 bridgehead atoms. The highest BCUT2D eigenvalue weighted by Gasteiger charge is 2.12. The molecule has 0 saturated carbocycles. The van der Waals surface area contributed by atoms with Gasteiger partial charge in [-0.2, -0.15) is 0 Å². The molecule has 0 saturated heterocycles. The number of carbonyl (C=O) groups excluding carboxylic acids is 1. The molecular weight excluding hydrogens is 285 g/mol. The van der Waals surface area contributed by atoms with Crippen LogP contribution < -0.4 is 10.6 Å². The van der Waals surface area contributed by atoms with Crippen LogP contribution in [0.4, 0.5) is 5.69 Å². The predicted octanol–water partition coefficient (Wildman–Crippen LogP) is 2.47. The lowest BCUT2D eigenvalue weighted by molar-refractivity contribution is -0.117. The molecule has 0 fully saturated rings. The highest BCUT2D eigenvalue weighted by atomic mass is 35.5. The van der Waals surface area contributed by atoms with Crippen molar-refractivity contribution in [1.82, 2.24) is 10.2 Å². The number of nitrogens with zero attached hydrogens (tertiary/aromatic N) is 1. The molecule has 106 valence electrons. The van der Waals surface area contributed by atoms with E-state index in [9.17, 15) is 4.79 Å². The van der Waals surface area contributed by atoms with E-state index in [0.717, 1.165) is 13.1 Å². The molecule has 0 unspecified atom stereocenters. The molecule has 4 nitrogen and oxygen atoms in total. The second kappa shape index (κ2) is 7.70. The number of rotatable bonds is 6. The van der Waals surface area contributed by atoms with Gasteiger partial charge in [-0.3, -0.25) is 4.79 Å². The average Bonchev–Trinajstić information content (AvgIpc) is 2.26. The maximum Gasteiger partial charge on any atom is 0.241 e. The van der Waals surface area contributed by atoms with Crippen molar-refractivity contribution in [2.75, 3.05) is 32.5 Å². The number of amides is 1. The summed E-state index contributed by atoms with van der Waals surface area (Å²) in [5.41, 5.74) is 0.601. The van der Waals surface area contributed by atoms with E-state index >= 15 is 0 Å². The fourth-order valence-electron chi connectivity index (χ4n) is 1.47. The summed E-state index contributed by atoms with van der Waals surface area (Å²) in [7, 11) is 3.97. The molecule has 0 radical (unpaired) electrons. The second-order valence-corrected chi connectivity index (χ2v) is 5.50. The summed E-state index contributed by atoms with van der Waals surface area (Å²) in [6.45, 7) is 3.44. The third kappa shape index (κ3) is 6.25. The molecule has 19 heavy (non-hydrogen) atoms. The summed E-state index contributed by atoms with van der Waals surface area (Å²) in [5, 5.41) is 6.91. The van der Waals surface area contributed by atoms with Gasteiger partial charge in [0.25, 0.3) is 0 Å². The number of anilines is 1. The van der Waals surface area contributed by atoms with Gasteiger partial charge in [0, 0.05) is 28.8 Å². The standard InChI is InChI=1S/C13H19Cl2N3O/c1-9(16-4-5-18(2)3)13(19)17-12-7-10(14)6-11(15)8-12/h6-9,16H,4-5H2,1-3H3,(H,17,19)/t9-/m0/s1. The molecule has 0 aromatic heterocycles. The lowest BCUT2D eigenvalue weighted by Crippen LogP contribution is -2.41. The molecule has 1 atom stereocenters. The molecule has 1 aromatic carbocycles. The van der Waals surface area contributed by atoms with Gasteiger partial charge in [0.1, 0.15) is 0 Å².